The van der Waals surface area contributed by atoms with Crippen molar-refractivity contribution in [3.8, 4) is 5.88 Å². The molecule has 1 aromatic rings. The topological polar surface area (TPSA) is 65.2 Å². The first kappa shape index (κ1) is 10.2. The number of carbonyl (C=O) groups excluding carboxylic acids is 1. The number of methoxy groups -OCH3 is 1. The van der Waals surface area contributed by atoms with Crippen LogP contribution in [0, 0.1) is 0 Å². The molecule has 0 saturated heterocycles. The van der Waals surface area contributed by atoms with E-state index in [1.165, 1.54) is 7.11 Å². The number of hydrogen-bond acceptors (Lipinski definition) is 4. The van der Waals surface area contributed by atoms with E-state index >= 15 is 0 Å². The fraction of sp³-hybridized carbons (Fsp3) is 0.200. The monoisotopic (exact) mass is 192 g/mol. The zero-order valence-corrected chi connectivity index (χ0v) is 7.93. The molecule has 0 saturated carbocycles. The standard InChI is InChI=1S/C10H12N2O2/c1-14-10-6-5-8(11)9(12-10)4-2-3-7-13/h2,4-7H,3,11H2,1H3. The Morgan fingerprint density at radius 1 is 1.57 bits per heavy atom. The van der Waals surface area contributed by atoms with Gasteiger partial charge in [-0.3, -0.25) is 0 Å². The fourth-order valence-corrected chi connectivity index (χ4v) is 0.949. The Morgan fingerprint density at radius 2 is 2.36 bits per heavy atom. The van der Waals surface area contributed by atoms with Crippen molar-refractivity contribution < 1.29 is 9.53 Å². The third-order valence-electron chi connectivity index (χ3n) is 1.65. The Balaban J connectivity index is 2.88. The average molecular weight is 192 g/mol. The molecule has 0 spiro atoms. The van der Waals surface area contributed by atoms with Gasteiger partial charge in [0.25, 0.3) is 0 Å². The van der Waals surface area contributed by atoms with E-state index in [9.17, 15) is 4.79 Å². The van der Waals surface area contributed by atoms with Gasteiger partial charge >= 0.3 is 0 Å². The number of nitrogens with zero attached hydrogens (tertiary/aromatic N) is 1. The van der Waals surface area contributed by atoms with Gasteiger partial charge in [-0.15, -0.1) is 0 Å². The van der Waals surface area contributed by atoms with Gasteiger partial charge < -0.3 is 15.3 Å². The highest BCUT2D eigenvalue weighted by atomic mass is 16.5. The number of anilines is 1. The van der Waals surface area contributed by atoms with E-state index in [4.69, 9.17) is 10.5 Å². The molecule has 0 bridgehead atoms. The summed E-state index contributed by atoms with van der Waals surface area (Å²) < 4.78 is 4.95. The highest BCUT2D eigenvalue weighted by Crippen LogP contribution is 2.15. The number of allylic oxidation sites excluding steroid dienone is 1. The van der Waals surface area contributed by atoms with Crippen LogP contribution in [-0.4, -0.2) is 18.4 Å². The van der Waals surface area contributed by atoms with Crippen molar-refractivity contribution in [2.24, 2.45) is 0 Å². The van der Waals surface area contributed by atoms with Crippen LogP contribution >= 0.6 is 0 Å². The summed E-state index contributed by atoms with van der Waals surface area (Å²) >= 11 is 0. The first-order chi connectivity index (χ1) is 6.77. The summed E-state index contributed by atoms with van der Waals surface area (Å²) in [6, 6.07) is 3.40. The predicted molar refractivity (Wildman–Crippen MR) is 54.9 cm³/mol. The molecule has 0 amide bonds. The van der Waals surface area contributed by atoms with Crippen molar-refractivity contribution in [2.45, 2.75) is 6.42 Å². The molecule has 0 aliphatic heterocycles. The van der Waals surface area contributed by atoms with Crippen molar-refractivity contribution in [3.05, 3.63) is 23.9 Å². The number of pyridine rings is 1. The van der Waals surface area contributed by atoms with Crippen LogP contribution in [0.4, 0.5) is 5.69 Å². The number of carbonyl (C=O) groups is 1. The molecule has 0 aliphatic rings. The summed E-state index contributed by atoms with van der Waals surface area (Å²) in [4.78, 5) is 14.2. The quantitative estimate of drug-likeness (QED) is 0.730. The Morgan fingerprint density at radius 3 is 3.00 bits per heavy atom. The summed E-state index contributed by atoms with van der Waals surface area (Å²) in [5.41, 5.74) is 6.85. The van der Waals surface area contributed by atoms with Crippen LogP contribution in [0.3, 0.4) is 0 Å². The molecule has 0 fully saturated rings. The lowest BCUT2D eigenvalue weighted by atomic mass is 10.2. The number of rotatable bonds is 4. The number of hydrogen-bond donors (Lipinski definition) is 1. The number of aromatic nitrogens is 1. The highest BCUT2D eigenvalue weighted by molar-refractivity contribution is 5.63. The molecule has 74 valence electrons. The van der Waals surface area contributed by atoms with E-state index < -0.39 is 0 Å². The van der Waals surface area contributed by atoms with E-state index in [0.717, 1.165) is 6.29 Å². The van der Waals surface area contributed by atoms with Crippen LogP contribution in [0.2, 0.25) is 0 Å². The molecule has 1 aromatic heterocycles. The van der Waals surface area contributed by atoms with Crippen LogP contribution in [-0.2, 0) is 4.79 Å². The average Bonchev–Trinajstić information content (AvgIpc) is 2.21. The lowest BCUT2D eigenvalue weighted by molar-refractivity contribution is -0.107. The minimum absolute atomic E-state index is 0.359. The minimum atomic E-state index is 0.359. The maximum atomic E-state index is 10.1. The van der Waals surface area contributed by atoms with E-state index in [0.29, 0.717) is 23.7 Å². The van der Waals surface area contributed by atoms with E-state index in [2.05, 4.69) is 4.98 Å². The van der Waals surface area contributed by atoms with Crippen LogP contribution in [0.5, 0.6) is 5.88 Å². The normalized spacial score (nSPS) is 10.4. The van der Waals surface area contributed by atoms with E-state index in [1.807, 2.05) is 0 Å². The number of ether oxygens (including phenoxy) is 1. The molecule has 1 heterocycles. The Kier molecular flexibility index (Phi) is 3.67. The largest absolute Gasteiger partial charge is 0.481 e. The van der Waals surface area contributed by atoms with Gasteiger partial charge in [0.15, 0.2) is 0 Å². The summed E-state index contributed by atoms with van der Waals surface area (Å²) in [5.74, 6) is 0.505. The summed E-state index contributed by atoms with van der Waals surface area (Å²) in [5, 5.41) is 0. The smallest absolute Gasteiger partial charge is 0.213 e. The number of aldehydes is 1. The number of nitrogen functional groups attached to an aromatic ring is 1. The molecule has 4 heteroatoms. The zero-order chi connectivity index (χ0) is 10.4. The van der Waals surface area contributed by atoms with Gasteiger partial charge in [0.2, 0.25) is 5.88 Å². The van der Waals surface area contributed by atoms with Crippen molar-refractivity contribution in [2.75, 3.05) is 12.8 Å². The van der Waals surface area contributed by atoms with Crippen molar-refractivity contribution in [1.29, 1.82) is 0 Å². The molecule has 4 nitrogen and oxygen atoms in total. The number of nitrogens with two attached hydrogens (primary N) is 1. The predicted octanol–water partition coefficient (Wildman–Crippen LogP) is 1.27. The van der Waals surface area contributed by atoms with Gasteiger partial charge in [-0.1, -0.05) is 6.08 Å². The first-order valence-corrected chi connectivity index (χ1v) is 4.18. The second-order valence-corrected chi connectivity index (χ2v) is 2.63. The van der Waals surface area contributed by atoms with Crippen molar-refractivity contribution in [1.82, 2.24) is 4.98 Å². The molecule has 2 N–H and O–H groups in total. The lowest BCUT2D eigenvalue weighted by Gasteiger charge is -2.02. The molecular weight excluding hydrogens is 180 g/mol. The van der Waals surface area contributed by atoms with Crippen LogP contribution in [0.15, 0.2) is 18.2 Å². The first-order valence-electron chi connectivity index (χ1n) is 4.18. The maximum absolute atomic E-state index is 10.1. The van der Waals surface area contributed by atoms with Gasteiger partial charge in [0.1, 0.15) is 6.29 Å². The minimum Gasteiger partial charge on any atom is -0.481 e. The van der Waals surface area contributed by atoms with Gasteiger partial charge in [0, 0.05) is 12.5 Å². The van der Waals surface area contributed by atoms with Crippen LogP contribution in [0.25, 0.3) is 6.08 Å². The van der Waals surface area contributed by atoms with Gasteiger partial charge in [-0.05, 0) is 12.1 Å². The lowest BCUT2D eigenvalue weighted by Crippen LogP contribution is -1.95. The molecule has 0 aliphatic carbocycles. The zero-order valence-electron chi connectivity index (χ0n) is 7.93. The Labute approximate surface area is 82.4 Å². The molecule has 0 aromatic carbocycles. The Hall–Kier alpha value is -1.84. The molecule has 1 rings (SSSR count). The highest BCUT2D eigenvalue weighted by Gasteiger charge is 1.98. The molecule has 0 unspecified atom stereocenters. The Bertz CT molecular complexity index is 348. The molecule has 14 heavy (non-hydrogen) atoms. The van der Waals surface area contributed by atoms with E-state index in [-0.39, 0.29) is 0 Å². The van der Waals surface area contributed by atoms with E-state index in [1.54, 1.807) is 24.3 Å². The van der Waals surface area contributed by atoms with Gasteiger partial charge in [-0.25, -0.2) is 4.98 Å². The summed E-state index contributed by atoms with van der Waals surface area (Å²) in [7, 11) is 1.54. The van der Waals surface area contributed by atoms with Crippen LogP contribution < -0.4 is 10.5 Å². The second kappa shape index (κ2) is 5.01. The fourth-order valence-electron chi connectivity index (χ4n) is 0.949. The van der Waals surface area contributed by atoms with Crippen molar-refractivity contribution in [3.63, 3.8) is 0 Å². The third kappa shape index (κ3) is 2.58. The van der Waals surface area contributed by atoms with Gasteiger partial charge in [0.05, 0.1) is 18.5 Å². The molecular formula is C10H12N2O2. The van der Waals surface area contributed by atoms with Crippen molar-refractivity contribution >= 4 is 18.0 Å². The summed E-state index contributed by atoms with van der Waals surface area (Å²) in [6.07, 6.45) is 4.57. The van der Waals surface area contributed by atoms with Crippen LogP contribution in [0.1, 0.15) is 12.1 Å². The third-order valence-corrected chi connectivity index (χ3v) is 1.65. The molecule has 0 radical (unpaired) electrons. The van der Waals surface area contributed by atoms with Gasteiger partial charge in [-0.2, -0.15) is 0 Å². The summed E-state index contributed by atoms with van der Waals surface area (Å²) in [6.45, 7) is 0. The molecule has 0 atom stereocenters. The second-order valence-electron chi connectivity index (χ2n) is 2.63. The SMILES string of the molecule is COc1ccc(N)c(C=CCC=O)n1. The maximum Gasteiger partial charge on any atom is 0.213 e.